The molecule has 0 atom stereocenters. The average Bonchev–Trinajstić information content (AvgIpc) is 2.44. The predicted octanol–water partition coefficient (Wildman–Crippen LogP) is 3.49. The normalized spacial score (nSPS) is 16.7. The van der Waals surface area contributed by atoms with E-state index in [-0.39, 0.29) is 12.2 Å². The van der Waals surface area contributed by atoms with E-state index in [4.69, 9.17) is 15.4 Å². The van der Waals surface area contributed by atoms with Gasteiger partial charge in [-0.25, -0.2) is 17.6 Å². The molecule has 1 saturated carbocycles. The van der Waals surface area contributed by atoms with Crippen LogP contribution in [0.3, 0.4) is 0 Å². The van der Waals surface area contributed by atoms with Crippen molar-refractivity contribution < 1.29 is 22.3 Å². The third-order valence-corrected chi connectivity index (χ3v) is 4.90. The van der Waals surface area contributed by atoms with Crippen LogP contribution in [-0.2, 0) is 13.8 Å². The van der Waals surface area contributed by atoms with Gasteiger partial charge in [0.05, 0.1) is 17.1 Å². The molecule has 0 unspecified atom stereocenters. The lowest BCUT2D eigenvalue weighted by Crippen LogP contribution is -2.17. The summed E-state index contributed by atoms with van der Waals surface area (Å²) in [6.07, 6.45) is 5.47. The summed E-state index contributed by atoms with van der Waals surface area (Å²) >= 11 is 0. The lowest BCUT2D eigenvalue weighted by Gasteiger charge is -2.21. The van der Waals surface area contributed by atoms with Gasteiger partial charge in [0, 0.05) is 10.7 Å². The van der Waals surface area contributed by atoms with Crippen LogP contribution in [0.1, 0.15) is 42.5 Å². The van der Waals surface area contributed by atoms with E-state index in [9.17, 15) is 17.6 Å². The predicted molar refractivity (Wildman–Crippen MR) is 76.3 cm³/mol. The van der Waals surface area contributed by atoms with Crippen molar-refractivity contribution in [3.63, 3.8) is 0 Å². The minimum atomic E-state index is -4.09. The van der Waals surface area contributed by atoms with E-state index in [0.717, 1.165) is 43.9 Å². The molecule has 0 aliphatic heterocycles. The van der Waals surface area contributed by atoms with Crippen LogP contribution < -0.4 is 0 Å². The molecule has 1 aromatic rings. The fourth-order valence-electron chi connectivity index (χ4n) is 2.45. The maximum Gasteiger partial charge on any atom is 0.338 e. The first-order chi connectivity index (χ1) is 9.86. The fraction of sp³-hybridized carbons (Fsp3) is 0.500. The summed E-state index contributed by atoms with van der Waals surface area (Å²) in [4.78, 5) is 11.4. The van der Waals surface area contributed by atoms with Gasteiger partial charge in [0.2, 0.25) is 0 Å². The van der Waals surface area contributed by atoms with Crippen LogP contribution in [0.2, 0.25) is 0 Å². The van der Waals surface area contributed by atoms with E-state index in [1.54, 1.807) is 0 Å². The largest absolute Gasteiger partial charge is 0.462 e. The van der Waals surface area contributed by atoms with E-state index >= 15 is 0 Å². The second-order valence-electron chi connectivity index (χ2n) is 5.22. The van der Waals surface area contributed by atoms with E-state index in [2.05, 4.69) is 0 Å². The van der Waals surface area contributed by atoms with Crippen LogP contribution in [0.25, 0.3) is 0 Å². The van der Waals surface area contributed by atoms with E-state index in [1.165, 1.54) is 6.42 Å². The molecule has 4 nitrogen and oxygen atoms in total. The molecule has 1 aliphatic rings. The number of carbonyl (C=O) groups is 1. The van der Waals surface area contributed by atoms with Crippen LogP contribution in [-0.4, -0.2) is 21.0 Å². The summed E-state index contributed by atoms with van der Waals surface area (Å²) in [5.74, 6) is -1.25. The Labute approximate surface area is 127 Å². The molecule has 1 aromatic carbocycles. The van der Waals surface area contributed by atoms with Crippen molar-refractivity contribution in [2.75, 3.05) is 6.61 Å². The van der Waals surface area contributed by atoms with Gasteiger partial charge in [-0.3, -0.25) is 0 Å². The van der Waals surface area contributed by atoms with Crippen molar-refractivity contribution in [1.82, 2.24) is 0 Å². The number of rotatable bonds is 4. The van der Waals surface area contributed by atoms with Crippen molar-refractivity contribution in [2.24, 2.45) is 5.92 Å². The van der Waals surface area contributed by atoms with Gasteiger partial charge in [-0.05, 0) is 37.0 Å². The summed E-state index contributed by atoms with van der Waals surface area (Å²) in [6.45, 7) is 0.276. The SMILES string of the molecule is O=C(OCC1CCCCC1)c1cc(F)cc(S(=O)(=O)Cl)c1. The quantitative estimate of drug-likeness (QED) is 0.624. The molecule has 0 saturated heterocycles. The monoisotopic (exact) mass is 334 g/mol. The second-order valence-corrected chi connectivity index (χ2v) is 7.78. The Hall–Kier alpha value is -1.14. The van der Waals surface area contributed by atoms with Gasteiger partial charge >= 0.3 is 5.97 Å². The highest BCUT2D eigenvalue weighted by molar-refractivity contribution is 8.13. The standard InChI is InChI=1S/C14H16ClFO4S/c15-21(18,19)13-7-11(6-12(16)8-13)14(17)20-9-10-4-2-1-3-5-10/h6-8,10H,1-5,9H2. The molecule has 0 amide bonds. The molecule has 7 heteroatoms. The van der Waals surface area contributed by atoms with Crippen LogP contribution in [0.5, 0.6) is 0 Å². The van der Waals surface area contributed by atoms with Gasteiger partial charge in [-0.15, -0.1) is 0 Å². The first-order valence-electron chi connectivity index (χ1n) is 6.78. The van der Waals surface area contributed by atoms with Crippen LogP contribution in [0.15, 0.2) is 23.1 Å². The molecule has 0 radical (unpaired) electrons. The number of esters is 1. The maximum absolute atomic E-state index is 13.4. The number of halogens is 2. The summed E-state index contributed by atoms with van der Waals surface area (Å²) in [6, 6.07) is 2.73. The summed E-state index contributed by atoms with van der Waals surface area (Å²) in [5, 5.41) is 0. The number of ether oxygens (including phenoxy) is 1. The molecular weight excluding hydrogens is 319 g/mol. The molecule has 1 aliphatic carbocycles. The van der Waals surface area contributed by atoms with Gasteiger partial charge in [-0.2, -0.15) is 0 Å². The Morgan fingerprint density at radius 1 is 1.24 bits per heavy atom. The Kier molecular flexibility index (Phi) is 5.22. The minimum absolute atomic E-state index is 0.148. The smallest absolute Gasteiger partial charge is 0.338 e. The third kappa shape index (κ3) is 4.68. The zero-order valence-electron chi connectivity index (χ0n) is 11.3. The van der Waals surface area contributed by atoms with Crippen molar-refractivity contribution in [3.8, 4) is 0 Å². The molecule has 116 valence electrons. The Morgan fingerprint density at radius 2 is 1.90 bits per heavy atom. The van der Waals surface area contributed by atoms with Gasteiger partial charge in [0.25, 0.3) is 9.05 Å². The molecule has 21 heavy (non-hydrogen) atoms. The van der Waals surface area contributed by atoms with Gasteiger partial charge in [0.1, 0.15) is 5.82 Å². The molecule has 0 bridgehead atoms. The summed E-state index contributed by atoms with van der Waals surface area (Å²) in [5.41, 5.74) is -0.148. The Morgan fingerprint density at radius 3 is 2.52 bits per heavy atom. The zero-order valence-corrected chi connectivity index (χ0v) is 12.9. The third-order valence-electron chi connectivity index (χ3n) is 3.56. The molecule has 2 rings (SSSR count). The van der Waals surface area contributed by atoms with E-state index in [0.29, 0.717) is 5.92 Å². The second kappa shape index (κ2) is 6.75. The highest BCUT2D eigenvalue weighted by atomic mass is 35.7. The summed E-state index contributed by atoms with van der Waals surface area (Å²) in [7, 11) is 1.07. The Bertz CT molecular complexity index is 624. The number of hydrogen-bond donors (Lipinski definition) is 0. The topological polar surface area (TPSA) is 60.4 Å². The lowest BCUT2D eigenvalue weighted by molar-refractivity contribution is 0.0409. The van der Waals surface area contributed by atoms with Gasteiger partial charge < -0.3 is 4.74 Å². The zero-order chi connectivity index (χ0) is 15.5. The van der Waals surface area contributed by atoms with E-state index in [1.807, 2.05) is 0 Å². The summed E-state index contributed by atoms with van der Waals surface area (Å²) < 4.78 is 41.0. The van der Waals surface area contributed by atoms with Crippen LogP contribution >= 0.6 is 10.7 Å². The number of hydrogen-bond acceptors (Lipinski definition) is 4. The van der Waals surface area contributed by atoms with Crippen molar-refractivity contribution in [1.29, 1.82) is 0 Å². The van der Waals surface area contributed by atoms with E-state index < -0.39 is 25.7 Å². The van der Waals surface area contributed by atoms with Crippen molar-refractivity contribution in [3.05, 3.63) is 29.6 Å². The van der Waals surface area contributed by atoms with Gasteiger partial charge in [0.15, 0.2) is 0 Å². The molecule has 0 aromatic heterocycles. The lowest BCUT2D eigenvalue weighted by atomic mass is 9.90. The molecular formula is C14H16ClFO4S. The minimum Gasteiger partial charge on any atom is -0.462 e. The fourth-order valence-corrected chi connectivity index (χ4v) is 3.24. The van der Waals surface area contributed by atoms with Crippen molar-refractivity contribution in [2.45, 2.75) is 37.0 Å². The first kappa shape index (κ1) is 16.2. The van der Waals surface area contributed by atoms with Crippen LogP contribution in [0, 0.1) is 11.7 Å². The number of carbonyl (C=O) groups excluding carboxylic acids is 1. The molecule has 0 N–H and O–H groups in total. The highest BCUT2D eigenvalue weighted by Gasteiger charge is 2.19. The Balaban J connectivity index is 2.06. The average molecular weight is 335 g/mol. The molecule has 1 fully saturated rings. The molecule has 0 heterocycles. The maximum atomic E-state index is 13.4. The highest BCUT2D eigenvalue weighted by Crippen LogP contribution is 2.24. The van der Waals surface area contributed by atoms with Gasteiger partial charge in [-0.1, -0.05) is 19.3 Å². The van der Waals surface area contributed by atoms with Crippen LogP contribution in [0.4, 0.5) is 4.39 Å². The first-order valence-corrected chi connectivity index (χ1v) is 9.09. The molecule has 0 spiro atoms. The number of benzene rings is 1. The van der Waals surface area contributed by atoms with Crippen molar-refractivity contribution >= 4 is 25.7 Å².